The highest BCUT2D eigenvalue weighted by Crippen LogP contribution is 2.28. The maximum atomic E-state index is 9.67. The van der Waals surface area contributed by atoms with Crippen LogP contribution in [0.5, 0.6) is 11.5 Å². The lowest BCUT2D eigenvalue weighted by Gasteiger charge is -2.19. The van der Waals surface area contributed by atoms with Crippen LogP contribution in [0.4, 0.5) is 5.69 Å². The van der Waals surface area contributed by atoms with Crippen molar-refractivity contribution in [1.29, 1.82) is 0 Å². The first kappa shape index (κ1) is 15.7. The van der Waals surface area contributed by atoms with E-state index in [1.807, 2.05) is 36.4 Å². The van der Waals surface area contributed by atoms with Crippen molar-refractivity contribution in [2.45, 2.75) is 6.04 Å². The van der Waals surface area contributed by atoms with E-state index >= 15 is 0 Å². The monoisotopic (exact) mass is 351 g/mol. The minimum atomic E-state index is -0.241. The zero-order chi connectivity index (χ0) is 15.2. The molecule has 2 N–H and O–H groups in total. The molecule has 0 spiro atoms. The van der Waals surface area contributed by atoms with Gasteiger partial charge in [0.25, 0.3) is 0 Å². The Bertz CT molecular complexity index is 564. The molecule has 5 heteroatoms. The van der Waals surface area contributed by atoms with Crippen LogP contribution in [0, 0.1) is 0 Å². The molecule has 0 radical (unpaired) electrons. The molecule has 0 saturated carbocycles. The number of nitrogens with one attached hydrogen (secondary N) is 1. The highest BCUT2D eigenvalue weighted by Gasteiger charge is 2.13. The van der Waals surface area contributed by atoms with E-state index < -0.39 is 0 Å². The number of ether oxygens (including phenoxy) is 2. The van der Waals surface area contributed by atoms with Gasteiger partial charge in [-0.3, -0.25) is 0 Å². The smallest absolute Gasteiger partial charge is 0.122 e. The molecule has 0 aliphatic carbocycles. The molecular formula is C16H18BrNO3. The summed E-state index contributed by atoms with van der Waals surface area (Å²) in [6, 6.07) is 13.1. The van der Waals surface area contributed by atoms with Gasteiger partial charge in [-0.2, -0.15) is 0 Å². The third-order valence-electron chi connectivity index (χ3n) is 3.14. The van der Waals surface area contributed by atoms with Crippen LogP contribution in [0.3, 0.4) is 0 Å². The van der Waals surface area contributed by atoms with Crippen molar-refractivity contribution in [2.24, 2.45) is 0 Å². The second-order valence-corrected chi connectivity index (χ2v) is 5.45. The summed E-state index contributed by atoms with van der Waals surface area (Å²) in [5.41, 5.74) is 1.83. The van der Waals surface area contributed by atoms with Crippen molar-refractivity contribution in [3.05, 3.63) is 52.5 Å². The molecule has 2 rings (SSSR count). The van der Waals surface area contributed by atoms with E-state index in [9.17, 15) is 5.11 Å². The van der Waals surface area contributed by atoms with Crippen LogP contribution in [0.25, 0.3) is 0 Å². The van der Waals surface area contributed by atoms with Gasteiger partial charge in [-0.25, -0.2) is 0 Å². The third-order valence-corrected chi connectivity index (χ3v) is 3.67. The van der Waals surface area contributed by atoms with Crippen LogP contribution in [0.2, 0.25) is 0 Å². The number of rotatable bonds is 6. The average Bonchev–Trinajstić information content (AvgIpc) is 2.53. The van der Waals surface area contributed by atoms with Crippen molar-refractivity contribution in [2.75, 3.05) is 26.1 Å². The third kappa shape index (κ3) is 4.12. The molecule has 0 heterocycles. The first-order valence-corrected chi connectivity index (χ1v) is 7.31. The SMILES string of the molecule is COc1cc(OC)cc(C(CO)Nc2ccc(Br)cc2)c1. The van der Waals surface area contributed by atoms with Gasteiger partial charge in [-0.05, 0) is 42.0 Å². The summed E-state index contributed by atoms with van der Waals surface area (Å²) >= 11 is 3.40. The van der Waals surface area contributed by atoms with Crippen LogP contribution in [-0.4, -0.2) is 25.9 Å². The van der Waals surface area contributed by atoms with Gasteiger partial charge in [0.2, 0.25) is 0 Å². The summed E-state index contributed by atoms with van der Waals surface area (Å²) in [6.45, 7) is -0.0353. The topological polar surface area (TPSA) is 50.7 Å². The van der Waals surface area contributed by atoms with E-state index in [0.29, 0.717) is 11.5 Å². The van der Waals surface area contributed by atoms with E-state index in [2.05, 4.69) is 21.2 Å². The molecule has 1 atom stereocenters. The molecule has 0 fully saturated rings. The summed E-state index contributed by atoms with van der Waals surface area (Å²) in [5, 5.41) is 13.0. The Balaban J connectivity index is 2.25. The minimum Gasteiger partial charge on any atom is -0.497 e. The highest BCUT2D eigenvalue weighted by atomic mass is 79.9. The van der Waals surface area contributed by atoms with Crippen molar-refractivity contribution in [1.82, 2.24) is 0 Å². The summed E-state index contributed by atoms with van der Waals surface area (Å²) in [5.74, 6) is 1.39. The molecule has 4 nitrogen and oxygen atoms in total. The zero-order valence-corrected chi connectivity index (χ0v) is 13.6. The predicted molar refractivity (Wildman–Crippen MR) is 87.1 cm³/mol. The first-order chi connectivity index (χ1) is 10.2. The largest absolute Gasteiger partial charge is 0.497 e. The maximum absolute atomic E-state index is 9.67. The molecule has 2 aromatic rings. The average molecular weight is 352 g/mol. The van der Waals surface area contributed by atoms with Crippen molar-refractivity contribution in [3.63, 3.8) is 0 Å². The molecule has 2 aromatic carbocycles. The van der Waals surface area contributed by atoms with Gasteiger partial charge in [0, 0.05) is 16.2 Å². The Morgan fingerprint density at radius 1 is 1.05 bits per heavy atom. The molecule has 112 valence electrons. The van der Waals surface area contributed by atoms with E-state index in [-0.39, 0.29) is 12.6 Å². The Morgan fingerprint density at radius 3 is 2.10 bits per heavy atom. The van der Waals surface area contributed by atoms with Gasteiger partial charge in [0.1, 0.15) is 11.5 Å². The lowest BCUT2D eigenvalue weighted by molar-refractivity contribution is 0.275. The van der Waals surface area contributed by atoms with Crippen molar-refractivity contribution < 1.29 is 14.6 Å². The lowest BCUT2D eigenvalue weighted by Crippen LogP contribution is -2.15. The minimum absolute atomic E-state index is 0.0353. The molecule has 0 aliphatic heterocycles. The van der Waals surface area contributed by atoms with Crippen LogP contribution < -0.4 is 14.8 Å². The fourth-order valence-corrected chi connectivity index (χ4v) is 2.28. The van der Waals surface area contributed by atoms with E-state index in [1.165, 1.54) is 0 Å². The Hall–Kier alpha value is -1.72. The summed E-state index contributed by atoms with van der Waals surface area (Å²) < 4.78 is 11.5. The number of hydrogen-bond acceptors (Lipinski definition) is 4. The first-order valence-electron chi connectivity index (χ1n) is 6.52. The summed E-state index contributed by atoms with van der Waals surface area (Å²) in [6.07, 6.45) is 0. The quantitative estimate of drug-likeness (QED) is 0.834. The van der Waals surface area contributed by atoms with Crippen molar-refractivity contribution in [3.8, 4) is 11.5 Å². The lowest BCUT2D eigenvalue weighted by atomic mass is 10.1. The van der Waals surface area contributed by atoms with Crippen LogP contribution in [0.1, 0.15) is 11.6 Å². The second-order valence-electron chi connectivity index (χ2n) is 4.53. The van der Waals surface area contributed by atoms with E-state index in [1.54, 1.807) is 20.3 Å². The molecule has 0 amide bonds. The number of aliphatic hydroxyl groups excluding tert-OH is 1. The zero-order valence-electron chi connectivity index (χ0n) is 12.0. The van der Waals surface area contributed by atoms with E-state index in [0.717, 1.165) is 15.7 Å². The number of anilines is 1. The Kier molecular flexibility index (Phi) is 5.47. The number of halogens is 1. The number of aliphatic hydroxyl groups is 1. The highest BCUT2D eigenvalue weighted by molar-refractivity contribution is 9.10. The normalized spacial score (nSPS) is 11.8. The van der Waals surface area contributed by atoms with Gasteiger partial charge in [0.05, 0.1) is 26.9 Å². The van der Waals surface area contributed by atoms with Crippen LogP contribution in [-0.2, 0) is 0 Å². The van der Waals surface area contributed by atoms with Gasteiger partial charge in [0.15, 0.2) is 0 Å². The van der Waals surface area contributed by atoms with E-state index in [4.69, 9.17) is 9.47 Å². The van der Waals surface area contributed by atoms with Gasteiger partial charge >= 0.3 is 0 Å². The number of methoxy groups -OCH3 is 2. The molecule has 1 unspecified atom stereocenters. The molecule has 0 saturated heterocycles. The number of benzene rings is 2. The summed E-state index contributed by atoms with van der Waals surface area (Å²) in [7, 11) is 3.21. The van der Waals surface area contributed by atoms with Crippen LogP contribution >= 0.6 is 15.9 Å². The molecular weight excluding hydrogens is 334 g/mol. The second kappa shape index (κ2) is 7.33. The van der Waals surface area contributed by atoms with Gasteiger partial charge in [-0.15, -0.1) is 0 Å². The Labute approximate surface area is 132 Å². The molecule has 0 aliphatic rings. The Morgan fingerprint density at radius 2 is 1.62 bits per heavy atom. The molecule has 21 heavy (non-hydrogen) atoms. The fraction of sp³-hybridized carbons (Fsp3) is 0.250. The molecule has 0 bridgehead atoms. The molecule has 0 aromatic heterocycles. The van der Waals surface area contributed by atoms with Gasteiger partial charge in [-0.1, -0.05) is 15.9 Å². The van der Waals surface area contributed by atoms with Crippen molar-refractivity contribution >= 4 is 21.6 Å². The fourth-order valence-electron chi connectivity index (χ4n) is 2.01. The summed E-state index contributed by atoms with van der Waals surface area (Å²) in [4.78, 5) is 0. The standard InChI is InChI=1S/C16H18BrNO3/c1-20-14-7-11(8-15(9-14)21-2)16(10-19)18-13-5-3-12(17)4-6-13/h3-9,16,18-19H,10H2,1-2H3. The maximum Gasteiger partial charge on any atom is 0.122 e. The predicted octanol–water partition coefficient (Wildman–Crippen LogP) is 3.61. The van der Waals surface area contributed by atoms with Gasteiger partial charge < -0.3 is 19.9 Å². The number of hydrogen-bond donors (Lipinski definition) is 2. The van der Waals surface area contributed by atoms with Crippen LogP contribution in [0.15, 0.2) is 46.9 Å².